The molecule has 0 saturated carbocycles. The Morgan fingerprint density at radius 2 is 2.08 bits per heavy atom. The molecule has 0 saturated heterocycles. The summed E-state index contributed by atoms with van der Waals surface area (Å²) < 4.78 is 6.39. The molecular formula is C10H16BrNO. The summed E-state index contributed by atoms with van der Waals surface area (Å²) in [4.78, 5) is 0. The van der Waals surface area contributed by atoms with Gasteiger partial charge >= 0.3 is 0 Å². The van der Waals surface area contributed by atoms with Crippen molar-refractivity contribution in [3.05, 3.63) is 22.6 Å². The van der Waals surface area contributed by atoms with Gasteiger partial charge in [-0.2, -0.15) is 0 Å². The van der Waals surface area contributed by atoms with Crippen molar-refractivity contribution >= 4 is 15.9 Å². The molecule has 0 bridgehead atoms. The van der Waals surface area contributed by atoms with Crippen LogP contribution in [0.4, 0.5) is 0 Å². The van der Waals surface area contributed by atoms with E-state index in [1.54, 1.807) is 6.26 Å². The van der Waals surface area contributed by atoms with Crippen molar-refractivity contribution in [1.82, 2.24) is 5.32 Å². The molecule has 0 amide bonds. The van der Waals surface area contributed by atoms with E-state index in [1.807, 2.05) is 6.07 Å². The minimum absolute atomic E-state index is 0.103. The molecule has 0 aliphatic carbocycles. The average molecular weight is 246 g/mol. The molecule has 1 heterocycles. The molecule has 0 spiro atoms. The number of nitrogens with one attached hydrogen (secondary N) is 1. The fourth-order valence-electron chi connectivity index (χ4n) is 1.33. The lowest BCUT2D eigenvalue weighted by atomic mass is 10.1. The van der Waals surface area contributed by atoms with Gasteiger partial charge in [-0.3, -0.25) is 0 Å². The minimum Gasteiger partial charge on any atom is -0.466 e. The lowest BCUT2D eigenvalue weighted by molar-refractivity contribution is 0.337. The second-order valence-corrected chi connectivity index (χ2v) is 5.10. The Kier molecular flexibility index (Phi) is 3.19. The first-order valence-electron chi connectivity index (χ1n) is 4.41. The van der Waals surface area contributed by atoms with Crippen LogP contribution in [0.1, 0.15) is 39.5 Å². The van der Waals surface area contributed by atoms with E-state index in [9.17, 15) is 0 Å². The van der Waals surface area contributed by atoms with Crippen molar-refractivity contribution in [2.45, 2.75) is 39.3 Å². The van der Waals surface area contributed by atoms with Crippen LogP contribution < -0.4 is 5.32 Å². The number of halogens is 1. The molecule has 74 valence electrons. The zero-order chi connectivity index (χ0) is 10.1. The van der Waals surface area contributed by atoms with Gasteiger partial charge in [0, 0.05) is 5.54 Å². The Morgan fingerprint density at radius 3 is 2.46 bits per heavy atom. The first kappa shape index (κ1) is 10.8. The molecule has 1 aromatic heterocycles. The summed E-state index contributed by atoms with van der Waals surface area (Å²) in [6.45, 7) is 8.51. The Balaban J connectivity index is 2.69. The molecule has 1 rings (SSSR count). The van der Waals surface area contributed by atoms with Gasteiger partial charge in [0.2, 0.25) is 0 Å². The van der Waals surface area contributed by atoms with Gasteiger partial charge in [0.25, 0.3) is 0 Å². The fraction of sp³-hybridized carbons (Fsp3) is 0.600. The highest BCUT2D eigenvalue weighted by molar-refractivity contribution is 9.10. The minimum atomic E-state index is 0.103. The van der Waals surface area contributed by atoms with E-state index in [0.717, 1.165) is 10.2 Å². The van der Waals surface area contributed by atoms with E-state index in [2.05, 4.69) is 48.9 Å². The summed E-state index contributed by atoms with van der Waals surface area (Å²) in [6, 6.07) is 2.14. The number of hydrogen-bond donors (Lipinski definition) is 1. The third-order valence-corrected chi connectivity index (χ3v) is 2.34. The van der Waals surface area contributed by atoms with Crippen molar-refractivity contribution in [3.8, 4) is 0 Å². The van der Waals surface area contributed by atoms with E-state index in [1.165, 1.54) is 0 Å². The van der Waals surface area contributed by atoms with Gasteiger partial charge in [0.05, 0.1) is 16.8 Å². The second-order valence-electron chi connectivity index (χ2n) is 4.25. The summed E-state index contributed by atoms with van der Waals surface area (Å²) in [5, 5.41) is 3.44. The molecule has 2 nitrogen and oxygen atoms in total. The standard InChI is InChI=1S/C10H16BrNO/c1-7(12-10(2,3)4)9-8(11)5-6-13-9/h5-7,12H,1-4H3. The summed E-state index contributed by atoms with van der Waals surface area (Å²) >= 11 is 3.44. The van der Waals surface area contributed by atoms with E-state index < -0.39 is 0 Å². The Labute approximate surface area is 87.8 Å². The van der Waals surface area contributed by atoms with Crippen LogP contribution in [0.3, 0.4) is 0 Å². The summed E-state index contributed by atoms with van der Waals surface area (Å²) in [5.74, 6) is 0.954. The van der Waals surface area contributed by atoms with Crippen molar-refractivity contribution in [2.75, 3.05) is 0 Å². The van der Waals surface area contributed by atoms with Gasteiger partial charge in [-0.1, -0.05) is 0 Å². The summed E-state index contributed by atoms with van der Waals surface area (Å²) in [6.07, 6.45) is 1.69. The number of hydrogen-bond acceptors (Lipinski definition) is 2. The van der Waals surface area contributed by atoms with E-state index in [4.69, 9.17) is 4.42 Å². The molecule has 0 aliphatic rings. The van der Waals surface area contributed by atoms with Gasteiger partial charge in [-0.25, -0.2) is 0 Å². The lowest BCUT2D eigenvalue weighted by Gasteiger charge is -2.25. The van der Waals surface area contributed by atoms with Gasteiger partial charge < -0.3 is 9.73 Å². The predicted octanol–water partition coefficient (Wildman–Crippen LogP) is 3.49. The zero-order valence-electron chi connectivity index (χ0n) is 8.52. The fourth-order valence-corrected chi connectivity index (χ4v) is 1.87. The van der Waals surface area contributed by atoms with Gasteiger partial charge in [-0.15, -0.1) is 0 Å². The quantitative estimate of drug-likeness (QED) is 0.864. The molecule has 1 unspecified atom stereocenters. The van der Waals surface area contributed by atoms with Crippen LogP contribution in [0.5, 0.6) is 0 Å². The van der Waals surface area contributed by atoms with Crippen molar-refractivity contribution in [3.63, 3.8) is 0 Å². The van der Waals surface area contributed by atoms with Crippen LogP contribution >= 0.6 is 15.9 Å². The zero-order valence-corrected chi connectivity index (χ0v) is 10.1. The highest BCUT2D eigenvalue weighted by Crippen LogP contribution is 2.25. The summed E-state index contributed by atoms with van der Waals surface area (Å²) in [5.41, 5.74) is 0.103. The van der Waals surface area contributed by atoms with E-state index >= 15 is 0 Å². The van der Waals surface area contributed by atoms with Gasteiger partial charge in [-0.05, 0) is 49.7 Å². The molecule has 0 aliphatic heterocycles. The van der Waals surface area contributed by atoms with Crippen LogP contribution in [0.25, 0.3) is 0 Å². The maximum Gasteiger partial charge on any atom is 0.134 e. The molecule has 13 heavy (non-hydrogen) atoms. The van der Waals surface area contributed by atoms with Crippen molar-refractivity contribution < 1.29 is 4.42 Å². The smallest absolute Gasteiger partial charge is 0.134 e. The molecule has 0 aromatic carbocycles. The normalized spacial score (nSPS) is 14.5. The van der Waals surface area contributed by atoms with Crippen LogP contribution in [0, 0.1) is 0 Å². The molecular weight excluding hydrogens is 230 g/mol. The highest BCUT2D eigenvalue weighted by Gasteiger charge is 2.18. The average Bonchev–Trinajstić information content (AvgIpc) is 2.30. The van der Waals surface area contributed by atoms with Crippen LogP contribution in [-0.4, -0.2) is 5.54 Å². The number of furan rings is 1. The maximum atomic E-state index is 5.36. The molecule has 1 N–H and O–H groups in total. The summed E-state index contributed by atoms with van der Waals surface area (Å²) in [7, 11) is 0. The third kappa shape index (κ3) is 3.16. The van der Waals surface area contributed by atoms with Crippen molar-refractivity contribution in [1.29, 1.82) is 0 Å². The molecule has 0 fully saturated rings. The Bertz CT molecular complexity index is 275. The van der Waals surface area contributed by atoms with E-state index in [0.29, 0.717) is 0 Å². The highest BCUT2D eigenvalue weighted by atomic mass is 79.9. The van der Waals surface area contributed by atoms with Gasteiger partial charge in [0.15, 0.2) is 0 Å². The van der Waals surface area contributed by atoms with Crippen LogP contribution in [0.2, 0.25) is 0 Å². The van der Waals surface area contributed by atoms with Gasteiger partial charge in [0.1, 0.15) is 5.76 Å². The maximum absolute atomic E-state index is 5.36. The third-order valence-electron chi connectivity index (χ3n) is 1.69. The molecule has 3 heteroatoms. The SMILES string of the molecule is CC(NC(C)(C)C)c1occc1Br. The largest absolute Gasteiger partial charge is 0.466 e. The second kappa shape index (κ2) is 3.84. The lowest BCUT2D eigenvalue weighted by Crippen LogP contribution is -2.37. The van der Waals surface area contributed by atoms with Crippen LogP contribution in [0.15, 0.2) is 21.2 Å². The molecule has 1 aromatic rings. The van der Waals surface area contributed by atoms with Crippen LogP contribution in [-0.2, 0) is 0 Å². The first-order valence-corrected chi connectivity index (χ1v) is 5.20. The predicted molar refractivity (Wildman–Crippen MR) is 57.7 cm³/mol. The first-order chi connectivity index (χ1) is 5.90. The molecule has 0 radical (unpaired) electrons. The Hall–Kier alpha value is -0.280. The topological polar surface area (TPSA) is 25.2 Å². The molecule has 1 atom stereocenters. The Morgan fingerprint density at radius 1 is 1.46 bits per heavy atom. The van der Waals surface area contributed by atoms with E-state index in [-0.39, 0.29) is 11.6 Å². The number of rotatable bonds is 2. The van der Waals surface area contributed by atoms with Crippen molar-refractivity contribution in [2.24, 2.45) is 0 Å². The monoisotopic (exact) mass is 245 g/mol.